The fourth-order valence-corrected chi connectivity index (χ4v) is 3.70. The monoisotopic (exact) mass is 394 g/mol. The van der Waals surface area contributed by atoms with Crippen molar-refractivity contribution in [2.45, 2.75) is 6.42 Å². The number of benzene rings is 3. The van der Waals surface area contributed by atoms with Crippen LogP contribution in [0.1, 0.15) is 21.5 Å². The number of hydrazone groups is 1. The number of carbonyl (C=O) groups is 2. The molecule has 0 radical (unpaired) electrons. The zero-order valence-corrected chi connectivity index (χ0v) is 16.0. The minimum absolute atomic E-state index is 0.147. The molecule has 6 nitrogen and oxygen atoms in total. The molecule has 1 aromatic heterocycles. The van der Waals surface area contributed by atoms with E-state index in [2.05, 4.69) is 33.0 Å². The molecule has 0 saturated heterocycles. The highest BCUT2D eigenvalue weighted by molar-refractivity contribution is 6.15. The highest BCUT2D eigenvalue weighted by atomic mass is 16.2. The lowest BCUT2D eigenvalue weighted by atomic mass is 10.0. The molecule has 0 bridgehead atoms. The molecule has 0 atom stereocenters. The molecule has 0 saturated carbocycles. The van der Waals surface area contributed by atoms with Crippen LogP contribution in [0.15, 0.2) is 78.0 Å². The van der Waals surface area contributed by atoms with Crippen molar-refractivity contribution < 1.29 is 9.59 Å². The molecule has 5 rings (SSSR count). The molecule has 0 spiro atoms. The van der Waals surface area contributed by atoms with Crippen molar-refractivity contribution >= 4 is 34.6 Å². The van der Waals surface area contributed by atoms with Gasteiger partial charge in [-0.25, -0.2) is 5.43 Å². The summed E-state index contributed by atoms with van der Waals surface area (Å²) in [5.74, 6) is -0.451. The predicted octanol–water partition coefficient (Wildman–Crippen LogP) is 4.09. The molecule has 1 aliphatic heterocycles. The maximum absolute atomic E-state index is 12.6. The molecule has 2 heterocycles. The number of H-pyrrole nitrogens is 1. The number of aromatic nitrogens is 1. The molecule has 0 unspecified atom stereocenters. The van der Waals surface area contributed by atoms with Crippen LogP contribution in [0.2, 0.25) is 0 Å². The van der Waals surface area contributed by atoms with Gasteiger partial charge in [-0.1, -0.05) is 54.6 Å². The van der Waals surface area contributed by atoms with Crippen LogP contribution < -0.4 is 10.7 Å². The van der Waals surface area contributed by atoms with E-state index in [0.717, 1.165) is 33.2 Å². The summed E-state index contributed by atoms with van der Waals surface area (Å²) in [7, 11) is 0. The molecule has 4 aromatic rings. The Morgan fingerprint density at radius 1 is 0.967 bits per heavy atom. The minimum atomic E-state index is -0.304. The Kier molecular flexibility index (Phi) is 4.37. The standard InChI is InChI=1S/C24H18N4O2/c29-22(10-15-6-8-17(9-7-15)16-4-2-1-3-5-16)27-19-11-20-23-18(13-25-21(23)12-19)14-26-28-24(20)30/h1-9,11-14,25H,10H2,(H,27,29)(H,28,30). The van der Waals surface area contributed by atoms with Gasteiger partial charge in [-0.3, -0.25) is 9.59 Å². The molecular weight excluding hydrogens is 376 g/mol. The predicted molar refractivity (Wildman–Crippen MR) is 118 cm³/mol. The second kappa shape index (κ2) is 7.33. The van der Waals surface area contributed by atoms with Crippen LogP contribution in [0.25, 0.3) is 22.0 Å². The summed E-state index contributed by atoms with van der Waals surface area (Å²) in [6.07, 6.45) is 3.64. The lowest BCUT2D eigenvalue weighted by molar-refractivity contribution is -0.115. The normalized spacial score (nSPS) is 12.5. The summed E-state index contributed by atoms with van der Waals surface area (Å²) in [5, 5.41) is 7.60. The summed E-state index contributed by atoms with van der Waals surface area (Å²) in [6, 6.07) is 21.6. The minimum Gasteiger partial charge on any atom is -0.360 e. The molecule has 30 heavy (non-hydrogen) atoms. The summed E-state index contributed by atoms with van der Waals surface area (Å²) in [6.45, 7) is 0. The lowest BCUT2D eigenvalue weighted by Crippen LogP contribution is -2.18. The van der Waals surface area contributed by atoms with Gasteiger partial charge >= 0.3 is 0 Å². The summed E-state index contributed by atoms with van der Waals surface area (Å²) < 4.78 is 0. The SMILES string of the molecule is O=C(Cc1ccc(-c2ccccc2)cc1)Nc1cc2c3c(c[nH]c3c1)C=NNC2=O. The van der Waals surface area contributed by atoms with Crippen molar-refractivity contribution in [1.82, 2.24) is 10.4 Å². The quantitative estimate of drug-likeness (QED) is 0.487. The number of aromatic amines is 1. The first-order valence-electron chi connectivity index (χ1n) is 9.60. The van der Waals surface area contributed by atoms with Crippen molar-refractivity contribution in [2.75, 3.05) is 5.32 Å². The van der Waals surface area contributed by atoms with Crippen LogP contribution in [0.3, 0.4) is 0 Å². The van der Waals surface area contributed by atoms with E-state index in [9.17, 15) is 9.59 Å². The Morgan fingerprint density at radius 3 is 2.53 bits per heavy atom. The number of amides is 2. The summed E-state index contributed by atoms with van der Waals surface area (Å²) in [4.78, 5) is 28.0. The third-order valence-corrected chi connectivity index (χ3v) is 5.13. The van der Waals surface area contributed by atoms with Crippen molar-refractivity contribution in [2.24, 2.45) is 5.10 Å². The largest absolute Gasteiger partial charge is 0.360 e. The molecule has 3 aromatic carbocycles. The molecule has 6 heteroatoms. The smallest absolute Gasteiger partial charge is 0.272 e. The highest BCUT2D eigenvalue weighted by Gasteiger charge is 2.18. The molecule has 1 aliphatic rings. The van der Waals surface area contributed by atoms with Gasteiger partial charge in [0.05, 0.1) is 18.2 Å². The Bertz CT molecular complexity index is 1290. The fourth-order valence-electron chi connectivity index (χ4n) is 3.70. The summed E-state index contributed by atoms with van der Waals surface area (Å²) >= 11 is 0. The van der Waals surface area contributed by atoms with Crippen molar-refractivity contribution in [3.8, 4) is 11.1 Å². The van der Waals surface area contributed by atoms with Gasteiger partial charge in [-0.2, -0.15) is 5.10 Å². The Labute approximate surface area is 172 Å². The number of nitrogens with zero attached hydrogens (tertiary/aromatic N) is 1. The van der Waals surface area contributed by atoms with E-state index >= 15 is 0 Å². The number of nitrogens with one attached hydrogen (secondary N) is 3. The summed E-state index contributed by atoms with van der Waals surface area (Å²) in [5.41, 5.74) is 8.28. The number of anilines is 1. The molecule has 2 amide bonds. The lowest BCUT2D eigenvalue weighted by Gasteiger charge is -2.09. The average molecular weight is 394 g/mol. The Balaban J connectivity index is 1.34. The van der Waals surface area contributed by atoms with E-state index in [4.69, 9.17) is 0 Å². The fraction of sp³-hybridized carbons (Fsp3) is 0.0417. The second-order valence-corrected chi connectivity index (χ2v) is 7.18. The van der Waals surface area contributed by atoms with Gasteiger partial charge in [0.2, 0.25) is 5.91 Å². The van der Waals surface area contributed by atoms with Crippen molar-refractivity contribution in [3.05, 3.63) is 89.6 Å². The number of hydrogen-bond donors (Lipinski definition) is 3. The maximum atomic E-state index is 12.6. The number of rotatable bonds is 4. The maximum Gasteiger partial charge on any atom is 0.272 e. The van der Waals surface area contributed by atoms with Gasteiger partial charge in [0.1, 0.15) is 0 Å². The van der Waals surface area contributed by atoms with E-state index < -0.39 is 0 Å². The molecule has 0 fully saturated rings. The van der Waals surface area contributed by atoms with Crippen LogP contribution in [0.5, 0.6) is 0 Å². The van der Waals surface area contributed by atoms with Crippen molar-refractivity contribution in [3.63, 3.8) is 0 Å². The van der Waals surface area contributed by atoms with Gasteiger partial charge in [-0.15, -0.1) is 0 Å². The van der Waals surface area contributed by atoms with Crippen molar-refractivity contribution in [1.29, 1.82) is 0 Å². The third-order valence-electron chi connectivity index (χ3n) is 5.13. The van der Waals surface area contributed by atoms with Gasteiger partial charge < -0.3 is 10.3 Å². The van der Waals surface area contributed by atoms with Crippen LogP contribution >= 0.6 is 0 Å². The van der Waals surface area contributed by atoms with E-state index in [0.29, 0.717) is 11.3 Å². The van der Waals surface area contributed by atoms with Gasteiger partial charge in [0.25, 0.3) is 5.91 Å². The van der Waals surface area contributed by atoms with E-state index in [-0.39, 0.29) is 18.2 Å². The van der Waals surface area contributed by atoms with Crippen LogP contribution in [-0.4, -0.2) is 23.0 Å². The highest BCUT2D eigenvalue weighted by Crippen LogP contribution is 2.27. The van der Waals surface area contributed by atoms with Crippen LogP contribution in [0.4, 0.5) is 5.69 Å². The molecule has 146 valence electrons. The van der Waals surface area contributed by atoms with Gasteiger partial charge in [0.15, 0.2) is 0 Å². The number of carbonyl (C=O) groups excluding carboxylic acids is 2. The van der Waals surface area contributed by atoms with Crippen LogP contribution in [0, 0.1) is 0 Å². The number of hydrogen-bond acceptors (Lipinski definition) is 3. The Morgan fingerprint density at radius 2 is 1.73 bits per heavy atom. The second-order valence-electron chi connectivity index (χ2n) is 7.18. The average Bonchev–Trinajstić information content (AvgIpc) is 3.09. The first-order chi connectivity index (χ1) is 14.7. The van der Waals surface area contributed by atoms with E-state index in [1.807, 2.05) is 48.5 Å². The third kappa shape index (κ3) is 3.35. The molecular formula is C24H18N4O2. The van der Waals surface area contributed by atoms with Crippen LogP contribution in [-0.2, 0) is 11.2 Å². The van der Waals surface area contributed by atoms with E-state index in [1.54, 1.807) is 18.5 Å². The zero-order chi connectivity index (χ0) is 20.5. The van der Waals surface area contributed by atoms with E-state index in [1.165, 1.54) is 0 Å². The van der Waals surface area contributed by atoms with Gasteiger partial charge in [-0.05, 0) is 28.8 Å². The Hall–Kier alpha value is -4.19. The topological polar surface area (TPSA) is 86.3 Å². The molecule has 0 aliphatic carbocycles. The zero-order valence-electron chi connectivity index (χ0n) is 16.0. The first kappa shape index (κ1) is 17.9. The molecule has 3 N–H and O–H groups in total. The first-order valence-corrected chi connectivity index (χ1v) is 9.60. The van der Waals surface area contributed by atoms with Gasteiger partial charge in [0, 0.05) is 28.4 Å².